The number of hydrogen-bond donors (Lipinski definition) is 2. The van der Waals surface area contributed by atoms with Gasteiger partial charge in [-0.2, -0.15) is 0 Å². The predicted molar refractivity (Wildman–Crippen MR) is 70.1 cm³/mol. The Morgan fingerprint density at radius 1 is 1.37 bits per heavy atom. The molecular formula is C14H15FN2O2. The third-order valence-electron chi connectivity index (χ3n) is 2.83. The molecule has 2 rings (SSSR count). The molecule has 0 fully saturated rings. The van der Waals surface area contributed by atoms with Gasteiger partial charge in [0.2, 0.25) is 0 Å². The molecule has 1 aromatic carbocycles. The van der Waals surface area contributed by atoms with Gasteiger partial charge < -0.3 is 15.5 Å². The van der Waals surface area contributed by atoms with Gasteiger partial charge in [-0.05, 0) is 38.1 Å². The van der Waals surface area contributed by atoms with Crippen molar-refractivity contribution in [3.8, 4) is 0 Å². The molecule has 0 saturated heterocycles. The molecule has 1 unspecified atom stereocenters. The van der Waals surface area contributed by atoms with E-state index in [1.165, 1.54) is 18.2 Å². The van der Waals surface area contributed by atoms with Crippen LogP contribution in [0.4, 0.5) is 10.1 Å². The van der Waals surface area contributed by atoms with E-state index < -0.39 is 11.7 Å². The van der Waals surface area contributed by atoms with Crippen molar-refractivity contribution in [3.05, 3.63) is 53.2 Å². The van der Waals surface area contributed by atoms with E-state index in [-0.39, 0.29) is 17.3 Å². The fourth-order valence-corrected chi connectivity index (χ4v) is 1.77. The zero-order valence-electron chi connectivity index (χ0n) is 10.7. The van der Waals surface area contributed by atoms with E-state index in [4.69, 9.17) is 10.2 Å². The fourth-order valence-electron chi connectivity index (χ4n) is 1.77. The molecule has 1 atom stereocenters. The highest BCUT2D eigenvalue weighted by molar-refractivity contribution is 5.99. The molecule has 0 aliphatic rings. The minimum Gasteiger partial charge on any atom is -0.464 e. The SMILES string of the molecule is Cc1ccc(C(C)NC(=O)c2cccc(F)c2N)o1. The Labute approximate surface area is 110 Å². The number of benzene rings is 1. The van der Waals surface area contributed by atoms with Crippen molar-refractivity contribution in [2.75, 3.05) is 5.73 Å². The molecule has 0 aliphatic heterocycles. The van der Waals surface area contributed by atoms with Gasteiger partial charge in [0.05, 0.1) is 17.3 Å². The lowest BCUT2D eigenvalue weighted by Gasteiger charge is -2.12. The van der Waals surface area contributed by atoms with Gasteiger partial charge in [0.15, 0.2) is 0 Å². The smallest absolute Gasteiger partial charge is 0.254 e. The van der Waals surface area contributed by atoms with Gasteiger partial charge in [-0.15, -0.1) is 0 Å². The lowest BCUT2D eigenvalue weighted by molar-refractivity contribution is 0.0935. The van der Waals surface area contributed by atoms with Crippen LogP contribution in [-0.4, -0.2) is 5.91 Å². The first-order chi connectivity index (χ1) is 8.99. The molecule has 1 heterocycles. The normalized spacial score (nSPS) is 12.2. The highest BCUT2D eigenvalue weighted by Gasteiger charge is 2.17. The number of carbonyl (C=O) groups is 1. The Hall–Kier alpha value is -2.30. The van der Waals surface area contributed by atoms with Crippen LogP contribution in [0, 0.1) is 12.7 Å². The first-order valence-electron chi connectivity index (χ1n) is 5.90. The van der Waals surface area contributed by atoms with Gasteiger partial charge in [0.25, 0.3) is 5.91 Å². The highest BCUT2D eigenvalue weighted by Crippen LogP contribution is 2.19. The molecule has 0 bridgehead atoms. The summed E-state index contributed by atoms with van der Waals surface area (Å²) >= 11 is 0. The number of hydrogen-bond acceptors (Lipinski definition) is 3. The number of nitrogens with one attached hydrogen (secondary N) is 1. The largest absolute Gasteiger partial charge is 0.464 e. The Kier molecular flexibility index (Phi) is 3.55. The third kappa shape index (κ3) is 2.76. The number of halogens is 1. The van der Waals surface area contributed by atoms with Gasteiger partial charge in [-0.1, -0.05) is 6.07 Å². The number of nitrogen functional groups attached to an aromatic ring is 1. The summed E-state index contributed by atoms with van der Waals surface area (Å²) in [6, 6.07) is 7.43. The van der Waals surface area contributed by atoms with Crippen LogP contribution < -0.4 is 11.1 Å². The molecule has 5 heteroatoms. The van der Waals surface area contributed by atoms with Crippen LogP contribution >= 0.6 is 0 Å². The summed E-state index contributed by atoms with van der Waals surface area (Å²) in [7, 11) is 0. The summed E-state index contributed by atoms with van der Waals surface area (Å²) < 4.78 is 18.7. The predicted octanol–water partition coefficient (Wildman–Crippen LogP) is 2.80. The van der Waals surface area contributed by atoms with Gasteiger partial charge in [0, 0.05) is 0 Å². The average Bonchev–Trinajstić information content (AvgIpc) is 2.79. The van der Waals surface area contributed by atoms with E-state index >= 15 is 0 Å². The first kappa shape index (κ1) is 13.1. The molecule has 0 aliphatic carbocycles. The average molecular weight is 262 g/mol. The maximum absolute atomic E-state index is 13.3. The third-order valence-corrected chi connectivity index (χ3v) is 2.83. The number of furan rings is 1. The Morgan fingerprint density at radius 2 is 2.11 bits per heavy atom. The van der Waals surface area contributed by atoms with Gasteiger partial charge >= 0.3 is 0 Å². The molecule has 4 nitrogen and oxygen atoms in total. The molecule has 0 spiro atoms. The number of aryl methyl sites for hydroxylation is 1. The van der Waals surface area contributed by atoms with E-state index in [9.17, 15) is 9.18 Å². The molecule has 0 radical (unpaired) electrons. The van der Waals surface area contributed by atoms with Crippen molar-refractivity contribution in [1.82, 2.24) is 5.32 Å². The maximum atomic E-state index is 13.3. The van der Waals surface area contributed by atoms with Crippen LogP contribution in [0.5, 0.6) is 0 Å². The fraction of sp³-hybridized carbons (Fsp3) is 0.214. The van der Waals surface area contributed by atoms with Crippen molar-refractivity contribution in [3.63, 3.8) is 0 Å². The lowest BCUT2D eigenvalue weighted by Crippen LogP contribution is -2.27. The number of para-hydroxylation sites is 1. The van der Waals surface area contributed by atoms with E-state index in [0.29, 0.717) is 5.76 Å². The van der Waals surface area contributed by atoms with Crippen molar-refractivity contribution < 1.29 is 13.6 Å². The molecule has 3 N–H and O–H groups in total. The van der Waals surface area contributed by atoms with Crippen molar-refractivity contribution in [2.24, 2.45) is 0 Å². The Balaban J connectivity index is 2.15. The number of amides is 1. The van der Waals surface area contributed by atoms with Crippen LogP contribution in [0.15, 0.2) is 34.7 Å². The summed E-state index contributed by atoms with van der Waals surface area (Å²) in [5.41, 5.74) is 5.51. The van der Waals surface area contributed by atoms with Crippen LogP contribution in [0.2, 0.25) is 0 Å². The molecule has 100 valence electrons. The van der Waals surface area contributed by atoms with E-state index in [0.717, 1.165) is 5.76 Å². The lowest BCUT2D eigenvalue weighted by atomic mass is 10.1. The molecule has 1 aromatic heterocycles. The molecule has 0 saturated carbocycles. The van der Waals surface area contributed by atoms with Crippen molar-refractivity contribution >= 4 is 11.6 Å². The van der Waals surface area contributed by atoms with E-state index in [1.54, 1.807) is 13.0 Å². The first-order valence-corrected chi connectivity index (χ1v) is 5.90. The second-order valence-corrected chi connectivity index (χ2v) is 4.34. The van der Waals surface area contributed by atoms with Crippen LogP contribution in [0.1, 0.15) is 34.8 Å². The van der Waals surface area contributed by atoms with Gasteiger partial charge in [-0.25, -0.2) is 4.39 Å². The molecule has 19 heavy (non-hydrogen) atoms. The second kappa shape index (κ2) is 5.14. The van der Waals surface area contributed by atoms with Crippen molar-refractivity contribution in [2.45, 2.75) is 19.9 Å². The van der Waals surface area contributed by atoms with Crippen LogP contribution in [0.25, 0.3) is 0 Å². The van der Waals surface area contributed by atoms with Crippen LogP contribution in [-0.2, 0) is 0 Å². The monoisotopic (exact) mass is 262 g/mol. The number of anilines is 1. The summed E-state index contributed by atoms with van der Waals surface area (Å²) in [5, 5.41) is 2.71. The van der Waals surface area contributed by atoms with Gasteiger partial charge in [0.1, 0.15) is 17.3 Å². The molecule has 2 aromatic rings. The standard InChI is InChI=1S/C14H15FN2O2/c1-8-6-7-12(19-8)9(2)17-14(18)10-4-3-5-11(15)13(10)16/h3-7,9H,16H2,1-2H3,(H,17,18). The molecule has 1 amide bonds. The summed E-state index contributed by atoms with van der Waals surface area (Å²) in [6.07, 6.45) is 0. The van der Waals surface area contributed by atoms with E-state index in [2.05, 4.69) is 5.32 Å². The zero-order valence-corrected chi connectivity index (χ0v) is 10.7. The second-order valence-electron chi connectivity index (χ2n) is 4.34. The maximum Gasteiger partial charge on any atom is 0.254 e. The minimum atomic E-state index is -0.603. The summed E-state index contributed by atoms with van der Waals surface area (Å²) in [4.78, 5) is 12.0. The highest BCUT2D eigenvalue weighted by atomic mass is 19.1. The number of nitrogens with two attached hydrogens (primary N) is 1. The van der Waals surface area contributed by atoms with Crippen LogP contribution in [0.3, 0.4) is 0 Å². The minimum absolute atomic E-state index is 0.120. The summed E-state index contributed by atoms with van der Waals surface area (Å²) in [6.45, 7) is 3.61. The van der Waals surface area contributed by atoms with E-state index in [1.807, 2.05) is 13.0 Å². The van der Waals surface area contributed by atoms with Gasteiger partial charge in [-0.3, -0.25) is 4.79 Å². The number of rotatable bonds is 3. The summed E-state index contributed by atoms with van der Waals surface area (Å²) in [5.74, 6) is 0.370. The Morgan fingerprint density at radius 3 is 2.74 bits per heavy atom. The Bertz CT molecular complexity index is 607. The quantitative estimate of drug-likeness (QED) is 0.836. The molecular weight excluding hydrogens is 247 g/mol. The van der Waals surface area contributed by atoms with Crippen molar-refractivity contribution in [1.29, 1.82) is 0 Å². The topological polar surface area (TPSA) is 68.3 Å². The zero-order chi connectivity index (χ0) is 14.0. The number of carbonyl (C=O) groups excluding carboxylic acids is 1.